The minimum absolute atomic E-state index is 0.0107. The van der Waals surface area contributed by atoms with Crippen molar-refractivity contribution in [2.75, 3.05) is 18.4 Å². The van der Waals surface area contributed by atoms with Crippen LogP contribution in [0.25, 0.3) is 0 Å². The van der Waals surface area contributed by atoms with Crippen molar-refractivity contribution in [1.29, 1.82) is 5.26 Å². The first-order valence-electron chi connectivity index (χ1n) is 7.51. The van der Waals surface area contributed by atoms with Gasteiger partial charge in [0.15, 0.2) is 5.15 Å². The van der Waals surface area contributed by atoms with Crippen LogP contribution in [0, 0.1) is 11.3 Å². The van der Waals surface area contributed by atoms with E-state index in [2.05, 4.69) is 15.3 Å². The van der Waals surface area contributed by atoms with Gasteiger partial charge in [-0.3, -0.25) is 0 Å². The van der Waals surface area contributed by atoms with E-state index in [1.807, 2.05) is 6.07 Å². The number of amides is 1. The number of halogens is 2. The average molecular weight is 356 g/mol. The van der Waals surface area contributed by atoms with Crippen molar-refractivity contribution in [3.8, 4) is 6.07 Å². The normalized spacial score (nSPS) is 21.1. The third-order valence-corrected chi connectivity index (χ3v) is 3.66. The number of rotatable bonds is 2. The van der Waals surface area contributed by atoms with Gasteiger partial charge in [0.05, 0.1) is 18.8 Å². The fourth-order valence-electron chi connectivity index (χ4n) is 2.23. The number of piperidine rings is 1. The van der Waals surface area contributed by atoms with Crippen molar-refractivity contribution >= 4 is 23.6 Å². The lowest BCUT2D eigenvalue weighted by molar-refractivity contribution is 0.0125. The largest absolute Gasteiger partial charge is 0.444 e. The maximum Gasteiger partial charge on any atom is 0.410 e. The number of hydrogen-bond donors (Lipinski definition) is 1. The summed E-state index contributed by atoms with van der Waals surface area (Å²) in [5.74, 6) is 0.150. The second-order valence-electron chi connectivity index (χ2n) is 6.49. The molecule has 1 aromatic rings. The van der Waals surface area contributed by atoms with Crippen LogP contribution in [0.3, 0.4) is 0 Å². The lowest BCUT2D eigenvalue weighted by Gasteiger charge is -2.35. The molecule has 0 bridgehead atoms. The molecule has 1 aliphatic rings. The molecule has 9 heteroatoms. The van der Waals surface area contributed by atoms with Gasteiger partial charge in [0.25, 0.3) is 0 Å². The number of likely N-dealkylation sites (tertiary alicyclic amines) is 1. The number of alkyl halides is 1. The Labute approximate surface area is 144 Å². The summed E-state index contributed by atoms with van der Waals surface area (Å²) >= 11 is 5.83. The molecule has 1 N–H and O–H groups in total. The van der Waals surface area contributed by atoms with E-state index < -0.39 is 23.9 Å². The zero-order valence-electron chi connectivity index (χ0n) is 13.7. The van der Waals surface area contributed by atoms with Gasteiger partial charge in [-0.15, -0.1) is 0 Å². The van der Waals surface area contributed by atoms with Gasteiger partial charge in [0.2, 0.25) is 5.95 Å². The fraction of sp³-hybridized carbons (Fsp3) is 0.600. The summed E-state index contributed by atoms with van der Waals surface area (Å²) in [6.07, 6.45) is -0.173. The Morgan fingerprint density at radius 2 is 2.29 bits per heavy atom. The molecule has 0 saturated carbocycles. The van der Waals surface area contributed by atoms with Crippen LogP contribution in [-0.4, -0.2) is 51.9 Å². The minimum Gasteiger partial charge on any atom is -0.444 e. The molecule has 2 rings (SSSR count). The molecule has 2 heterocycles. The third-order valence-electron chi connectivity index (χ3n) is 3.37. The van der Waals surface area contributed by atoms with E-state index >= 15 is 0 Å². The molecule has 1 saturated heterocycles. The Morgan fingerprint density at radius 1 is 1.58 bits per heavy atom. The van der Waals surface area contributed by atoms with E-state index in [-0.39, 0.29) is 23.2 Å². The molecule has 0 unspecified atom stereocenters. The molecule has 130 valence electrons. The standard InChI is InChI=1S/C15H19ClFN5O2/c1-15(2,3)24-14(23)22-5-4-11(10(17)8-22)20-13-19-7-9(6-18)12(16)21-13/h7,10-11H,4-5,8H2,1-3H3,(H,19,20,21)/t10-,11+/m1/s1. The number of carbonyl (C=O) groups is 1. The SMILES string of the molecule is CC(C)(C)OC(=O)N1CC[C@H](Nc2ncc(C#N)c(Cl)n2)[C@H](F)C1. The predicted molar refractivity (Wildman–Crippen MR) is 86.5 cm³/mol. The first-order chi connectivity index (χ1) is 11.2. The smallest absolute Gasteiger partial charge is 0.410 e. The monoisotopic (exact) mass is 355 g/mol. The van der Waals surface area contributed by atoms with Crippen LogP contribution >= 0.6 is 11.6 Å². The van der Waals surface area contributed by atoms with Crippen molar-refractivity contribution < 1.29 is 13.9 Å². The summed E-state index contributed by atoms with van der Waals surface area (Å²) in [6.45, 7) is 5.57. The van der Waals surface area contributed by atoms with E-state index in [9.17, 15) is 9.18 Å². The molecule has 24 heavy (non-hydrogen) atoms. The molecule has 0 spiro atoms. The maximum atomic E-state index is 14.4. The Bertz CT molecular complexity index is 658. The van der Waals surface area contributed by atoms with E-state index in [1.54, 1.807) is 20.8 Å². The van der Waals surface area contributed by atoms with Crippen LogP contribution < -0.4 is 5.32 Å². The van der Waals surface area contributed by atoms with Gasteiger partial charge in [-0.05, 0) is 27.2 Å². The Kier molecular flexibility index (Phi) is 5.44. The molecular formula is C15H19ClFN5O2. The molecule has 1 amide bonds. The molecule has 1 aromatic heterocycles. The molecule has 0 aromatic carbocycles. The van der Waals surface area contributed by atoms with Gasteiger partial charge in [-0.25, -0.2) is 14.2 Å². The second-order valence-corrected chi connectivity index (χ2v) is 6.85. The van der Waals surface area contributed by atoms with Crippen molar-refractivity contribution in [1.82, 2.24) is 14.9 Å². The number of nitrogens with zero attached hydrogens (tertiary/aromatic N) is 4. The van der Waals surface area contributed by atoms with Crippen LogP contribution in [0.5, 0.6) is 0 Å². The molecular weight excluding hydrogens is 337 g/mol. The van der Waals surface area contributed by atoms with Gasteiger partial charge in [-0.1, -0.05) is 11.6 Å². The Hall–Kier alpha value is -2.14. The Balaban J connectivity index is 1.95. The molecule has 0 aliphatic carbocycles. The quantitative estimate of drug-likeness (QED) is 0.820. The predicted octanol–water partition coefficient (Wildman–Crippen LogP) is 2.76. The highest BCUT2D eigenvalue weighted by Crippen LogP contribution is 2.21. The summed E-state index contributed by atoms with van der Waals surface area (Å²) in [7, 11) is 0. The number of nitrogens with one attached hydrogen (secondary N) is 1. The number of hydrogen-bond acceptors (Lipinski definition) is 6. The van der Waals surface area contributed by atoms with Crippen molar-refractivity contribution in [3.63, 3.8) is 0 Å². The van der Waals surface area contributed by atoms with Gasteiger partial charge in [0.1, 0.15) is 23.4 Å². The topological polar surface area (TPSA) is 91.1 Å². The summed E-state index contributed by atoms with van der Waals surface area (Å²) in [5.41, 5.74) is -0.468. The van der Waals surface area contributed by atoms with Crippen LogP contribution in [0.1, 0.15) is 32.8 Å². The summed E-state index contributed by atoms with van der Waals surface area (Å²) in [6, 6.07) is 1.31. The zero-order valence-corrected chi connectivity index (χ0v) is 14.5. The highest BCUT2D eigenvalue weighted by Gasteiger charge is 2.34. The molecule has 1 fully saturated rings. The van der Waals surface area contributed by atoms with Crippen molar-refractivity contribution in [3.05, 3.63) is 16.9 Å². The number of ether oxygens (including phenoxy) is 1. The number of aromatic nitrogens is 2. The Morgan fingerprint density at radius 3 is 2.83 bits per heavy atom. The van der Waals surface area contributed by atoms with E-state index in [1.165, 1.54) is 11.1 Å². The number of nitriles is 1. The van der Waals surface area contributed by atoms with Gasteiger partial charge < -0.3 is 15.0 Å². The summed E-state index contributed by atoms with van der Waals surface area (Å²) in [4.78, 5) is 21.2. The lowest BCUT2D eigenvalue weighted by atomic mass is 10.0. The molecule has 0 radical (unpaired) electrons. The lowest BCUT2D eigenvalue weighted by Crippen LogP contribution is -2.51. The van der Waals surface area contributed by atoms with Crippen LogP contribution in [0.15, 0.2) is 6.20 Å². The van der Waals surface area contributed by atoms with Gasteiger partial charge >= 0.3 is 6.09 Å². The fourth-order valence-corrected chi connectivity index (χ4v) is 2.40. The van der Waals surface area contributed by atoms with E-state index in [0.717, 1.165) is 0 Å². The summed E-state index contributed by atoms with van der Waals surface area (Å²) < 4.78 is 19.6. The minimum atomic E-state index is -1.30. The number of anilines is 1. The second kappa shape index (κ2) is 7.18. The van der Waals surface area contributed by atoms with Crippen molar-refractivity contribution in [2.24, 2.45) is 0 Å². The zero-order chi connectivity index (χ0) is 17.9. The van der Waals surface area contributed by atoms with Crippen LogP contribution in [-0.2, 0) is 4.74 Å². The summed E-state index contributed by atoms with van der Waals surface area (Å²) in [5, 5.41) is 11.7. The first-order valence-corrected chi connectivity index (χ1v) is 7.88. The molecule has 1 aliphatic heterocycles. The van der Waals surface area contributed by atoms with E-state index in [4.69, 9.17) is 21.6 Å². The average Bonchev–Trinajstić information content (AvgIpc) is 2.47. The molecule has 2 atom stereocenters. The number of carbonyl (C=O) groups excluding carboxylic acids is 1. The van der Waals surface area contributed by atoms with Crippen LogP contribution in [0.4, 0.5) is 15.1 Å². The van der Waals surface area contributed by atoms with Crippen molar-refractivity contribution in [2.45, 2.75) is 45.0 Å². The first kappa shape index (κ1) is 18.2. The maximum absolute atomic E-state index is 14.4. The van der Waals surface area contributed by atoms with Gasteiger partial charge in [0, 0.05) is 6.54 Å². The van der Waals surface area contributed by atoms with E-state index in [0.29, 0.717) is 13.0 Å². The highest BCUT2D eigenvalue weighted by molar-refractivity contribution is 6.30. The molecule has 7 nitrogen and oxygen atoms in total. The van der Waals surface area contributed by atoms with Crippen LogP contribution in [0.2, 0.25) is 5.15 Å². The third kappa shape index (κ3) is 4.68. The van der Waals surface area contributed by atoms with Gasteiger partial charge in [-0.2, -0.15) is 10.2 Å². The highest BCUT2D eigenvalue weighted by atomic mass is 35.5.